The lowest BCUT2D eigenvalue weighted by atomic mass is 10.1. The second-order valence-electron chi connectivity index (χ2n) is 5.19. The van der Waals surface area contributed by atoms with Crippen molar-refractivity contribution in [3.8, 4) is 0 Å². The van der Waals surface area contributed by atoms with Crippen LogP contribution in [0.15, 0.2) is 46.4 Å². The molecule has 3 nitrogen and oxygen atoms in total. The summed E-state index contributed by atoms with van der Waals surface area (Å²) in [5.41, 5.74) is 4.01. The topological polar surface area (TPSA) is 38.7 Å². The number of aryl methyl sites for hydroxylation is 2. The maximum absolute atomic E-state index is 11.9. The molecule has 4 heteroatoms. The summed E-state index contributed by atoms with van der Waals surface area (Å²) in [4.78, 5) is 17.3. The highest BCUT2D eigenvalue weighted by Crippen LogP contribution is 2.26. The van der Waals surface area contributed by atoms with E-state index in [9.17, 15) is 4.79 Å². The molecule has 0 fully saturated rings. The molecule has 4 rings (SSSR count). The van der Waals surface area contributed by atoms with Crippen molar-refractivity contribution in [3.05, 3.63) is 63.0 Å². The van der Waals surface area contributed by atoms with Gasteiger partial charge in [0.05, 0.1) is 0 Å². The fourth-order valence-corrected chi connectivity index (χ4v) is 3.40. The number of cyclic esters (lactones) is 1. The maximum Gasteiger partial charge on any atom is 0.363 e. The van der Waals surface area contributed by atoms with Crippen LogP contribution in [0.1, 0.15) is 28.0 Å². The monoisotopic (exact) mass is 295 g/mol. The Labute approximate surface area is 126 Å². The van der Waals surface area contributed by atoms with E-state index in [2.05, 4.69) is 17.1 Å². The molecule has 1 aliphatic carbocycles. The van der Waals surface area contributed by atoms with Crippen LogP contribution >= 0.6 is 11.3 Å². The van der Waals surface area contributed by atoms with Gasteiger partial charge in [-0.15, -0.1) is 11.3 Å². The lowest BCUT2D eigenvalue weighted by Gasteiger charge is -2.03. The molecular weight excluding hydrogens is 282 g/mol. The number of benzene rings is 1. The number of esters is 1. The van der Waals surface area contributed by atoms with E-state index in [-0.39, 0.29) is 5.97 Å². The lowest BCUT2D eigenvalue weighted by Crippen LogP contribution is -2.05. The van der Waals surface area contributed by atoms with Gasteiger partial charge in [-0.3, -0.25) is 0 Å². The molecule has 0 unspecified atom stereocenters. The van der Waals surface area contributed by atoms with Crippen molar-refractivity contribution in [3.63, 3.8) is 0 Å². The summed E-state index contributed by atoms with van der Waals surface area (Å²) in [5, 5.41) is 1.97. The highest BCUT2D eigenvalue weighted by molar-refractivity contribution is 7.10. The normalized spacial score (nSPS) is 18.8. The summed E-state index contributed by atoms with van der Waals surface area (Å²) in [6, 6.07) is 10.1. The SMILES string of the molecule is O=C1OC(c2ccc3c(c2)CCC3)=NC1=Cc1cccs1. The Morgan fingerprint density at radius 3 is 2.95 bits per heavy atom. The average Bonchev–Trinajstić information content (AvgIpc) is 3.20. The fraction of sp³-hybridized carbons (Fsp3) is 0.176. The zero-order valence-electron chi connectivity index (χ0n) is 11.3. The molecule has 2 aromatic rings. The van der Waals surface area contributed by atoms with E-state index in [1.807, 2.05) is 23.6 Å². The van der Waals surface area contributed by atoms with Gasteiger partial charge in [0.15, 0.2) is 5.70 Å². The number of rotatable bonds is 2. The third-order valence-corrected chi connectivity index (χ3v) is 4.61. The van der Waals surface area contributed by atoms with Gasteiger partial charge in [-0.2, -0.15) is 0 Å². The van der Waals surface area contributed by atoms with Crippen LogP contribution in [0.2, 0.25) is 0 Å². The van der Waals surface area contributed by atoms with Crippen molar-refractivity contribution < 1.29 is 9.53 Å². The Kier molecular flexibility index (Phi) is 2.97. The average molecular weight is 295 g/mol. The largest absolute Gasteiger partial charge is 0.402 e. The number of hydrogen-bond acceptors (Lipinski definition) is 4. The first-order valence-electron chi connectivity index (χ1n) is 6.98. The van der Waals surface area contributed by atoms with Crippen molar-refractivity contribution >= 4 is 29.3 Å². The molecule has 2 heterocycles. The number of thiophene rings is 1. The second-order valence-corrected chi connectivity index (χ2v) is 6.17. The van der Waals surface area contributed by atoms with Gasteiger partial charge in [0, 0.05) is 10.4 Å². The van der Waals surface area contributed by atoms with Gasteiger partial charge in [-0.1, -0.05) is 12.1 Å². The molecule has 0 bridgehead atoms. The standard InChI is InChI=1S/C17H13NO2S/c19-17-15(10-14-5-2-8-21-14)18-16(20-17)13-7-6-11-3-1-4-12(11)9-13/h2,5-10H,1,3-4H2. The van der Waals surface area contributed by atoms with Crippen LogP contribution in [0.4, 0.5) is 0 Å². The summed E-state index contributed by atoms with van der Waals surface area (Å²) in [7, 11) is 0. The number of hydrogen-bond donors (Lipinski definition) is 0. The van der Waals surface area contributed by atoms with Gasteiger partial charge in [-0.25, -0.2) is 9.79 Å². The van der Waals surface area contributed by atoms with Crippen molar-refractivity contribution in [2.45, 2.75) is 19.3 Å². The van der Waals surface area contributed by atoms with Crippen LogP contribution in [0.25, 0.3) is 6.08 Å². The summed E-state index contributed by atoms with van der Waals surface area (Å²) in [5.74, 6) is 0.0383. The Hall–Kier alpha value is -2.20. The molecule has 1 aromatic carbocycles. The first kappa shape index (κ1) is 12.5. The van der Waals surface area contributed by atoms with Crippen molar-refractivity contribution in [2.75, 3.05) is 0 Å². The number of aliphatic imine (C=N–C) groups is 1. The van der Waals surface area contributed by atoms with E-state index < -0.39 is 0 Å². The third-order valence-electron chi connectivity index (χ3n) is 3.79. The number of ether oxygens (including phenoxy) is 1. The molecule has 1 aliphatic heterocycles. The number of carbonyl (C=O) groups excluding carboxylic acids is 1. The quantitative estimate of drug-likeness (QED) is 0.627. The Bertz CT molecular complexity index is 772. The predicted octanol–water partition coefficient (Wildman–Crippen LogP) is 3.58. The van der Waals surface area contributed by atoms with E-state index in [1.54, 1.807) is 17.4 Å². The van der Waals surface area contributed by atoms with Crippen LogP contribution < -0.4 is 0 Å². The van der Waals surface area contributed by atoms with Crippen molar-refractivity contribution in [2.24, 2.45) is 4.99 Å². The molecule has 0 atom stereocenters. The number of fused-ring (bicyclic) bond motifs is 1. The Morgan fingerprint density at radius 2 is 2.10 bits per heavy atom. The highest BCUT2D eigenvalue weighted by atomic mass is 32.1. The maximum atomic E-state index is 11.9. The molecule has 0 saturated carbocycles. The Balaban J connectivity index is 1.68. The van der Waals surface area contributed by atoms with Gasteiger partial charge in [-0.05, 0) is 60.0 Å². The fourth-order valence-electron chi connectivity index (χ4n) is 2.75. The molecule has 104 valence electrons. The minimum atomic E-state index is -0.376. The molecule has 0 saturated heterocycles. The molecule has 2 aliphatic rings. The van der Waals surface area contributed by atoms with Gasteiger partial charge >= 0.3 is 5.97 Å². The van der Waals surface area contributed by atoms with E-state index in [4.69, 9.17) is 4.74 Å². The Morgan fingerprint density at radius 1 is 1.19 bits per heavy atom. The summed E-state index contributed by atoms with van der Waals surface area (Å²) >= 11 is 1.57. The summed E-state index contributed by atoms with van der Waals surface area (Å²) in [6.45, 7) is 0. The second kappa shape index (κ2) is 4.97. The predicted molar refractivity (Wildman–Crippen MR) is 83.4 cm³/mol. The van der Waals surface area contributed by atoms with E-state index in [1.165, 1.54) is 17.5 Å². The zero-order chi connectivity index (χ0) is 14.2. The lowest BCUT2D eigenvalue weighted by molar-refractivity contribution is -0.129. The smallest absolute Gasteiger partial charge is 0.363 e. The molecule has 1 aromatic heterocycles. The van der Waals surface area contributed by atoms with Crippen LogP contribution in [0.5, 0.6) is 0 Å². The molecule has 0 amide bonds. The highest BCUT2D eigenvalue weighted by Gasteiger charge is 2.25. The van der Waals surface area contributed by atoms with Gasteiger partial charge in [0.1, 0.15) is 0 Å². The van der Waals surface area contributed by atoms with E-state index >= 15 is 0 Å². The molecular formula is C17H13NO2S. The van der Waals surface area contributed by atoms with Crippen molar-refractivity contribution in [1.82, 2.24) is 0 Å². The molecule has 0 spiro atoms. The number of carbonyl (C=O) groups is 1. The van der Waals surface area contributed by atoms with Gasteiger partial charge in [0.2, 0.25) is 5.90 Å². The van der Waals surface area contributed by atoms with Crippen molar-refractivity contribution in [1.29, 1.82) is 0 Å². The van der Waals surface area contributed by atoms with Gasteiger partial charge < -0.3 is 4.74 Å². The molecule has 0 radical (unpaired) electrons. The van der Waals surface area contributed by atoms with Gasteiger partial charge in [0.25, 0.3) is 0 Å². The van der Waals surface area contributed by atoms with Crippen LogP contribution in [0, 0.1) is 0 Å². The first-order valence-corrected chi connectivity index (χ1v) is 7.86. The van der Waals surface area contributed by atoms with E-state index in [0.717, 1.165) is 23.3 Å². The number of nitrogens with zero attached hydrogens (tertiary/aromatic N) is 1. The van der Waals surface area contributed by atoms with Crippen LogP contribution in [-0.2, 0) is 22.4 Å². The van der Waals surface area contributed by atoms with Crippen LogP contribution in [-0.4, -0.2) is 11.9 Å². The summed E-state index contributed by atoms with van der Waals surface area (Å²) in [6.07, 6.45) is 5.22. The summed E-state index contributed by atoms with van der Waals surface area (Å²) < 4.78 is 5.32. The third kappa shape index (κ3) is 2.32. The minimum absolute atomic E-state index is 0.368. The van der Waals surface area contributed by atoms with E-state index in [0.29, 0.717) is 11.6 Å². The molecule has 21 heavy (non-hydrogen) atoms. The van der Waals surface area contributed by atoms with Crippen LogP contribution in [0.3, 0.4) is 0 Å². The first-order chi connectivity index (χ1) is 10.3. The molecule has 0 N–H and O–H groups in total. The zero-order valence-corrected chi connectivity index (χ0v) is 12.2. The minimum Gasteiger partial charge on any atom is -0.402 e.